The number of amides is 1. The van der Waals surface area contributed by atoms with Crippen molar-refractivity contribution in [3.8, 4) is 28.4 Å². The third kappa shape index (κ3) is 9.62. The molecule has 9 nitrogen and oxygen atoms in total. The van der Waals surface area contributed by atoms with Crippen LogP contribution in [-0.2, 0) is 14.4 Å². The van der Waals surface area contributed by atoms with Crippen LogP contribution in [0.5, 0.6) is 17.2 Å². The van der Waals surface area contributed by atoms with Crippen molar-refractivity contribution in [3.05, 3.63) is 127 Å². The van der Waals surface area contributed by atoms with Crippen LogP contribution in [0.1, 0.15) is 70.3 Å². The number of rotatable bonds is 19. The second-order valence-electron chi connectivity index (χ2n) is 15.5. The molecule has 6 atom stereocenters. The van der Waals surface area contributed by atoms with Gasteiger partial charge in [0, 0.05) is 48.6 Å². The number of anilines is 1. The molecule has 310 valence electrons. The van der Waals surface area contributed by atoms with Crippen molar-refractivity contribution in [3.63, 3.8) is 0 Å². The number of nitrogens with zero attached hydrogens (tertiary/aromatic N) is 1. The Morgan fingerprint density at radius 3 is 2.34 bits per heavy atom. The minimum absolute atomic E-state index is 0.0669. The maximum atomic E-state index is 11.8. The molecule has 6 unspecified atom stereocenters. The van der Waals surface area contributed by atoms with E-state index in [9.17, 15) is 15.0 Å². The SMILES string of the molecule is C=CCOC12Oc3ccc(Oc4ccc(-c5ccccc5)cc4)cc3C3C(CCCCO)C(CCCCO)C=C(C(=NOCC)CC1Sc1ccc(NC(C)=O)cc1)C32. The lowest BCUT2D eigenvalue weighted by Crippen LogP contribution is -2.64. The molecule has 0 bridgehead atoms. The molecule has 1 aliphatic heterocycles. The molecule has 3 N–H and O–H groups in total. The van der Waals surface area contributed by atoms with Gasteiger partial charge in [-0.15, -0.1) is 18.3 Å². The quantitative estimate of drug-likeness (QED) is 0.0486. The monoisotopic (exact) mass is 816 g/mol. The fourth-order valence-electron chi connectivity index (χ4n) is 9.10. The zero-order valence-electron chi connectivity index (χ0n) is 34.1. The van der Waals surface area contributed by atoms with Crippen molar-refractivity contribution < 1.29 is 34.1 Å². The topological polar surface area (TPSA) is 119 Å². The van der Waals surface area contributed by atoms with Gasteiger partial charge in [-0.3, -0.25) is 4.79 Å². The van der Waals surface area contributed by atoms with E-state index in [1.54, 1.807) is 17.8 Å². The van der Waals surface area contributed by atoms with E-state index in [0.29, 0.717) is 25.2 Å². The molecule has 1 amide bonds. The number of allylic oxidation sites excluding steroid dienone is 1. The Hall–Kier alpha value is -4.87. The van der Waals surface area contributed by atoms with Crippen molar-refractivity contribution in [2.45, 2.75) is 80.6 Å². The van der Waals surface area contributed by atoms with Crippen LogP contribution in [0, 0.1) is 17.8 Å². The van der Waals surface area contributed by atoms with Gasteiger partial charge in [-0.2, -0.15) is 0 Å². The van der Waals surface area contributed by atoms with Gasteiger partial charge in [0.1, 0.15) is 23.9 Å². The molecule has 0 spiro atoms. The van der Waals surface area contributed by atoms with Gasteiger partial charge in [0.2, 0.25) is 11.7 Å². The lowest BCUT2D eigenvalue weighted by Gasteiger charge is -2.58. The molecule has 4 aromatic carbocycles. The van der Waals surface area contributed by atoms with E-state index in [-0.39, 0.29) is 54.6 Å². The minimum atomic E-state index is -1.12. The molecule has 0 saturated heterocycles. The van der Waals surface area contributed by atoms with Crippen LogP contribution in [0.25, 0.3) is 11.1 Å². The van der Waals surface area contributed by atoms with Gasteiger partial charge in [0.05, 0.1) is 23.5 Å². The predicted molar refractivity (Wildman–Crippen MR) is 235 cm³/mol. The highest BCUT2D eigenvalue weighted by Gasteiger charge is 2.64. The summed E-state index contributed by atoms with van der Waals surface area (Å²) in [7, 11) is 0. The maximum absolute atomic E-state index is 11.8. The van der Waals surface area contributed by atoms with Crippen LogP contribution in [-0.4, -0.2) is 59.3 Å². The first-order chi connectivity index (χ1) is 28.9. The van der Waals surface area contributed by atoms with E-state index < -0.39 is 5.79 Å². The Balaban J connectivity index is 1.35. The Morgan fingerprint density at radius 1 is 0.932 bits per heavy atom. The number of fused-ring (bicyclic) bond motifs is 2. The normalized spacial score (nSPS) is 23.6. The third-order valence-corrected chi connectivity index (χ3v) is 12.9. The highest BCUT2D eigenvalue weighted by atomic mass is 32.2. The van der Waals surface area contributed by atoms with E-state index in [1.807, 2.05) is 73.7 Å². The highest BCUT2D eigenvalue weighted by molar-refractivity contribution is 8.00. The summed E-state index contributed by atoms with van der Waals surface area (Å²) in [6.45, 7) is 8.48. The molecular weight excluding hydrogens is 761 g/mol. The van der Waals surface area contributed by atoms with Gasteiger partial charge >= 0.3 is 0 Å². The van der Waals surface area contributed by atoms with Crippen LogP contribution in [0.15, 0.2) is 131 Å². The number of unbranched alkanes of at least 4 members (excludes halogenated alkanes) is 2. The van der Waals surface area contributed by atoms with Gasteiger partial charge in [-0.25, -0.2) is 0 Å². The number of oxime groups is 1. The molecule has 4 aromatic rings. The largest absolute Gasteiger partial charge is 0.460 e. The third-order valence-electron chi connectivity index (χ3n) is 11.6. The van der Waals surface area contributed by atoms with E-state index in [0.717, 1.165) is 82.2 Å². The van der Waals surface area contributed by atoms with Gasteiger partial charge in [-0.1, -0.05) is 72.6 Å². The second kappa shape index (κ2) is 19.9. The molecule has 1 heterocycles. The lowest BCUT2D eigenvalue weighted by atomic mass is 9.56. The maximum Gasteiger partial charge on any atom is 0.231 e. The van der Waals surface area contributed by atoms with Crippen LogP contribution < -0.4 is 14.8 Å². The number of nitrogens with one attached hydrogen (secondary N) is 1. The molecule has 7 rings (SSSR count). The van der Waals surface area contributed by atoms with Crippen LogP contribution in [0.2, 0.25) is 0 Å². The summed E-state index contributed by atoms with van der Waals surface area (Å²) in [4.78, 5) is 18.7. The molecule has 1 fully saturated rings. The molecule has 59 heavy (non-hydrogen) atoms. The van der Waals surface area contributed by atoms with E-state index in [2.05, 4.69) is 48.3 Å². The summed E-state index contributed by atoms with van der Waals surface area (Å²) in [5.74, 6) is 0.957. The summed E-state index contributed by atoms with van der Waals surface area (Å²) in [6.07, 6.45) is 9.68. The van der Waals surface area contributed by atoms with E-state index in [1.165, 1.54) is 6.92 Å². The second-order valence-corrected chi connectivity index (χ2v) is 16.8. The van der Waals surface area contributed by atoms with Crippen molar-refractivity contribution >= 4 is 29.1 Å². The van der Waals surface area contributed by atoms with Crippen LogP contribution >= 0.6 is 11.8 Å². The molecule has 1 saturated carbocycles. The van der Waals surface area contributed by atoms with Gasteiger partial charge in [0.25, 0.3) is 0 Å². The fraction of sp³-hybridized carbons (Fsp3) is 0.388. The molecule has 0 radical (unpaired) electrons. The first-order valence-corrected chi connectivity index (χ1v) is 21.8. The van der Waals surface area contributed by atoms with Gasteiger partial charge < -0.3 is 34.6 Å². The zero-order valence-corrected chi connectivity index (χ0v) is 34.9. The summed E-state index contributed by atoms with van der Waals surface area (Å²) in [6, 6.07) is 32.5. The van der Waals surface area contributed by atoms with Crippen molar-refractivity contribution in [1.29, 1.82) is 0 Å². The highest BCUT2D eigenvalue weighted by Crippen LogP contribution is 2.63. The smallest absolute Gasteiger partial charge is 0.231 e. The van der Waals surface area contributed by atoms with Crippen molar-refractivity contribution in [2.75, 3.05) is 31.7 Å². The first kappa shape index (κ1) is 42.3. The minimum Gasteiger partial charge on any atom is -0.460 e. The lowest BCUT2D eigenvalue weighted by molar-refractivity contribution is -0.223. The number of aliphatic hydroxyl groups excluding tert-OH is 2. The molecular formula is C49H56N2O7S. The standard InChI is InChI=1S/C49H56N2O7S/c1-4-29-55-49-46(59-40-24-19-37(20-25-40)50-33(3)54)32-44(51-56-5-2)42-30-36(15-9-11-27-52)41(16-10-12-28-53)47(48(42)49)43-31-39(23-26-45(43)58-49)57-38-21-17-35(18-22-38)34-13-7-6-8-14-34/h4,6-8,13-14,17-26,30-31,36,41,46-48,52-53H,1,5,9-12,15-16,27-29,32H2,2-3H3,(H,50,54). The summed E-state index contributed by atoms with van der Waals surface area (Å²) in [5, 5.41) is 27.2. The Kier molecular flexibility index (Phi) is 14.3. The van der Waals surface area contributed by atoms with Gasteiger partial charge in [-0.05, 0) is 116 Å². The van der Waals surface area contributed by atoms with Crippen LogP contribution in [0.3, 0.4) is 0 Å². The first-order valence-electron chi connectivity index (χ1n) is 21.0. The number of hydrogen-bond donors (Lipinski definition) is 3. The molecule has 3 aliphatic rings. The molecule has 0 aromatic heterocycles. The van der Waals surface area contributed by atoms with Crippen molar-refractivity contribution in [2.24, 2.45) is 22.9 Å². The summed E-state index contributed by atoms with van der Waals surface area (Å²) < 4.78 is 21.0. The summed E-state index contributed by atoms with van der Waals surface area (Å²) >= 11 is 1.68. The number of aliphatic hydroxyl groups is 2. The van der Waals surface area contributed by atoms with Gasteiger partial charge in [0.15, 0.2) is 0 Å². The molecule has 10 heteroatoms. The number of ether oxygens (including phenoxy) is 3. The van der Waals surface area contributed by atoms with Crippen LogP contribution in [0.4, 0.5) is 5.69 Å². The number of thioether (sulfide) groups is 1. The average molecular weight is 817 g/mol. The average Bonchev–Trinajstić information content (AvgIpc) is 3.25. The van der Waals surface area contributed by atoms with E-state index in [4.69, 9.17) is 24.2 Å². The Bertz CT molecular complexity index is 2090. The Morgan fingerprint density at radius 2 is 1.64 bits per heavy atom. The van der Waals surface area contributed by atoms with E-state index >= 15 is 0 Å². The number of carbonyl (C=O) groups is 1. The fourth-order valence-corrected chi connectivity index (χ4v) is 10.4. The number of benzene rings is 4. The predicted octanol–water partition coefficient (Wildman–Crippen LogP) is 10.6. The summed E-state index contributed by atoms with van der Waals surface area (Å²) in [5.41, 5.74) is 6.00. The molecule has 2 aliphatic carbocycles. The van der Waals surface area contributed by atoms with Crippen molar-refractivity contribution in [1.82, 2.24) is 0 Å². The number of hydrogen-bond acceptors (Lipinski definition) is 9. The number of carbonyl (C=O) groups excluding carboxylic acids is 1. The Labute approximate surface area is 352 Å². The zero-order chi connectivity index (χ0) is 41.2.